The Morgan fingerprint density at radius 2 is 2.00 bits per heavy atom. The van der Waals surface area contributed by atoms with Crippen molar-refractivity contribution >= 4 is 30.8 Å². The van der Waals surface area contributed by atoms with Gasteiger partial charge < -0.3 is 10.1 Å². The minimum Gasteiger partial charge on any atom is -0.346 e. The summed E-state index contributed by atoms with van der Waals surface area (Å²) >= 11 is 3.87. The summed E-state index contributed by atoms with van der Waals surface area (Å²) in [4.78, 5) is 33.1. The number of Topliss-reactive ketones (excluding diaryl/α,β-unsaturated/α-hetero) is 1. The molecule has 0 aromatic heterocycles. The Kier molecular flexibility index (Phi) is 10.7. The molecule has 0 bridgehead atoms. The molecule has 0 aliphatic heterocycles. The first-order valence-corrected chi connectivity index (χ1v) is 6.67. The van der Waals surface area contributed by atoms with Gasteiger partial charge in [-0.1, -0.05) is 19.2 Å². The zero-order chi connectivity index (χ0) is 13.8. The van der Waals surface area contributed by atoms with Gasteiger partial charge in [0, 0.05) is 19.4 Å². The predicted molar refractivity (Wildman–Crippen MR) is 73.4 cm³/mol. The number of carbonyl (C=O) groups is 3. The molecule has 0 saturated heterocycles. The van der Waals surface area contributed by atoms with E-state index in [1.54, 1.807) is 0 Å². The first kappa shape index (κ1) is 17.1. The Labute approximate surface area is 114 Å². The number of hydrogen-bond acceptors (Lipinski definition) is 5. The van der Waals surface area contributed by atoms with Gasteiger partial charge in [-0.25, -0.2) is 0 Å². The number of ketones is 1. The van der Waals surface area contributed by atoms with Crippen LogP contribution in [0.2, 0.25) is 0 Å². The van der Waals surface area contributed by atoms with Crippen LogP contribution in [0.4, 0.5) is 0 Å². The lowest BCUT2D eigenvalue weighted by Crippen LogP contribution is -2.39. The number of aldehydes is 1. The van der Waals surface area contributed by atoms with E-state index in [1.807, 2.05) is 0 Å². The molecule has 0 aliphatic carbocycles. The number of rotatable bonds is 11. The first-order chi connectivity index (χ1) is 8.61. The molecule has 1 amide bonds. The molecule has 2 N–H and O–H groups in total. The highest BCUT2D eigenvalue weighted by Crippen LogP contribution is 2.02. The van der Waals surface area contributed by atoms with E-state index in [2.05, 4.69) is 22.9 Å². The Morgan fingerprint density at radius 3 is 2.56 bits per heavy atom. The monoisotopic (exact) mass is 274 g/mol. The van der Waals surface area contributed by atoms with Gasteiger partial charge >= 0.3 is 0 Å². The highest BCUT2D eigenvalue weighted by Gasteiger charge is 2.15. The van der Waals surface area contributed by atoms with Gasteiger partial charge in [-0.15, -0.1) is 0 Å². The van der Waals surface area contributed by atoms with Gasteiger partial charge in [0.05, 0.1) is 6.04 Å². The number of nitrogens with one attached hydrogen (secondary N) is 2. The van der Waals surface area contributed by atoms with E-state index in [0.717, 1.165) is 32.1 Å². The predicted octanol–water partition coefficient (Wildman–Crippen LogP) is 1.03. The molecule has 104 valence electrons. The van der Waals surface area contributed by atoms with Gasteiger partial charge in [0.1, 0.15) is 6.29 Å². The third-order valence-electron chi connectivity index (χ3n) is 2.59. The van der Waals surface area contributed by atoms with Crippen molar-refractivity contribution in [2.45, 2.75) is 51.5 Å². The number of amides is 1. The van der Waals surface area contributed by atoms with Crippen molar-refractivity contribution in [1.82, 2.24) is 10.0 Å². The van der Waals surface area contributed by atoms with Crippen molar-refractivity contribution in [3.05, 3.63) is 0 Å². The number of carbonyl (C=O) groups excluding carboxylic acids is 3. The van der Waals surface area contributed by atoms with Gasteiger partial charge in [0.2, 0.25) is 5.91 Å². The molecule has 6 heteroatoms. The summed E-state index contributed by atoms with van der Waals surface area (Å²) in [7, 11) is 0. The van der Waals surface area contributed by atoms with E-state index in [9.17, 15) is 14.4 Å². The average Bonchev–Trinajstić information content (AvgIpc) is 2.33. The molecule has 18 heavy (non-hydrogen) atoms. The van der Waals surface area contributed by atoms with E-state index < -0.39 is 6.04 Å². The van der Waals surface area contributed by atoms with Crippen LogP contribution in [-0.2, 0) is 14.4 Å². The molecule has 0 aliphatic rings. The highest BCUT2D eigenvalue weighted by molar-refractivity contribution is 7.78. The third kappa shape index (κ3) is 9.18. The molecule has 0 rings (SSSR count). The van der Waals surface area contributed by atoms with Gasteiger partial charge in [0.15, 0.2) is 5.78 Å². The van der Waals surface area contributed by atoms with Crippen molar-refractivity contribution in [3.63, 3.8) is 0 Å². The van der Waals surface area contributed by atoms with Gasteiger partial charge in [-0.3, -0.25) is 14.3 Å². The molecule has 0 spiro atoms. The minimum absolute atomic E-state index is 0.107. The van der Waals surface area contributed by atoms with Crippen molar-refractivity contribution in [2.24, 2.45) is 0 Å². The lowest BCUT2D eigenvalue weighted by molar-refractivity contribution is -0.127. The summed E-state index contributed by atoms with van der Waals surface area (Å²) in [6, 6.07) is -0.526. The fourth-order valence-electron chi connectivity index (χ4n) is 1.54. The quantitative estimate of drug-likeness (QED) is 0.299. The summed E-state index contributed by atoms with van der Waals surface area (Å²) in [6.45, 7) is 2.24. The fraction of sp³-hybridized carbons (Fsp3) is 0.750. The SMILES string of the molecule is CC(=O)C(CCC=O)NC(=O)CCCCCNS. The second kappa shape index (κ2) is 11.2. The summed E-state index contributed by atoms with van der Waals surface area (Å²) in [5.41, 5.74) is 0. The molecule has 5 nitrogen and oxygen atoms in total. The molecule has 0 saturated carbocycles. The van der Waals surface area contributed by atoms with Crippen LogP contribution >= 0.6 is 12.8 Å². The molecule has 1 unspecified atom stereocenters. The molecule has 1 atom stereocenters. The molecular formula is C12H22N2O3S. The molecule has 0 aromatic rings. The maximum atomic E-state index is 11.6. The van der Waals surface area contributed by atoms with Gasteiger partial charge in [0.25, 0.3) is 0 Å². The van der Waals surface area contributed by atoms with Crippen molar-refractivity contribution in [3.8, 4) is 0 Å². The topological polar surface area (TPSA) is 75.3 Å². The zero-order valence-electron chi connectivity index (χ0n) is 10.8. The summed E-state index contributed by atoms with van der Waals surface area (Å²) in [5.74, 6) is -0.232. The van der Waals surface area contributed by atoms with E-state index in [4.69, 9.17) is 0 Å². The van der Waals surface area contributed by atoms with Crippen LogP contribution in [0.1, 0.15) is 45.4 Å². The number of unbranched alkanes of at least 4 members (excludes halogenated alkanes) is 2. The average molecular weight is 274 g/mol. The molecule has 0 radical (unpaired) electrons. The normalized spacial score (nSPS) is 11.9. The molecule has 0 fully saturated rings. The van der Waals surface area contributed by atoms with Gasteiger partial charge in [-0.05, 0) is 26.2 Å². The summed E-state index contributed by atoms with van der Waals surface area (Å²) in [5, 5.41) is 2.66. The first-order valence-electron chi connectivity index (χ1n) is 6.22. The maximum absolute atomic E-state index is 11.6. The van der Waals surface area contributed by atoms with Crippen LogP contribution in [0.25, 0.3) is 0 Å². The standard InChI is InChI=1S/C12H22N2O3S/c1-10(16)11(6-5-9-15)14-12(17)7-3-2-4-8-13-18/h9,11,13,18H,2-8H2,1H3,(H,14,17). The summed E-state index contributed by atoms with van der Waals surface area (Å²) < 4.78 is 2.74. The second-order valence-electron chi connectivity index (χ2n) is 4.19. The van der Waals surface area contributed by atoms with Gasteiger partial charge in [-0.2, -0.15) is 0 Å². The van der Waals surface area contributed by atoms with E-state index in [0.29, 0.717) is 12.8 Å². The minimum atomic E-state index is -0.526. The second-order valence-corrected chi connectivity index (χ2v) is 4.51. The van der Waals surface area contributed by atoms with Crippen LogP contribution in [-0.4, -0.2) is 30.6 Å². The van der Waals surface area contributed by atoms with E-state index in [1.165, 1.54) is 6.92 Å². The zero-order valence-corrected chi connectivity index (χ0v) is 11.7. The van der Waals surface area contributed by atoms with Crippen LogP contribution in [0.5, 0.6) is 0 Å². The lowest BCUT2D eigenvalue weighted by Gasteiger charge is -2.14. The molecule has 0 heterocycles. The van der Waals surface area contributed by atoms with Crippen LogP contribution in [0.3, 0.4) is 0 Å². The lowest BCUT2D eigenvalue weighted by atomic mass is 10.1. The Bertz CT molecular complexity index is 272. The van der Waals surface area contributed by atoms with Crippen LogP contribution in [0, 0.1) is 0 Å². The Balaban J connectivity index is 3.80. The third-order valence-corrected chi connectivity index (χ3v) is 2.82. The van der Waals surface area contributed by atoms with Crippen molar-refractivity contribution < 1.29 is 14.4 Å². The van der Waals surface area contributed by atoms with Crippen molar-refractivity contribution in [2.75, 3.05) is 6.54 Å². The fourth-order valence-corrected chi connectivity index (χ4v) is 1.70. The smallest absolute Gasteiger partial charge is 0.220 e. The van der Waals surface area contributed by atoms with Crippen LogP contribution < -0.4 is 10.0 Å². The largest absolute Gasteiger partial charge is 0.346 e. The Hall–Kier alpha value is -0.880. The maximum Gasteiger partial charge on any atom is 0.220 e. The van der Waals surface area contributed by atoms with E-state index >= 15 is 0 Å². The summed E-state index contributed by atoms with van der Waals surface area (Å²) in [6.07, 6.45) is 4.55. The number of thiol groups is 1. The molecular weight excluding hydrogens is 252 g/mol. The van der Waals surface area contributed by atoms with Crippen molar-refractivity contribution in [1.29, 1.82) is 0 Å². The highest BCUT2D eigenvalue weighted by atomic mass is 32.1. The van der Waals surface area contributed by atoms with E-state index in [-0.39, 0.29) is 18.1 Å². The molecule has 0 aromatic carbocycles. The Morgan fingerprint density at radius 1 is 1.28 bits per heavy atom. The van der Waals surface area contributed by atoms with Crippen LogP contribution in [0.15, 0.2) is 0 Å². The number of hydrogen-bond donors (Lipinski definition) is 3.